The Morgan fingerprint density at radius 2 is 1.82 bits per heavy atom. The number of nitrogens with one attached hydrogen (secondary N) is 1. The van der Waals surface area contributed by atoms with Crippen LogP contribution in [0.15, 0.2) is 53.5 Å². The average Bonchev–Trinajstić information content (AvgIpc) is 2.53. The highest BCUT2D eigenvalue weighted by Crippen LogP contribution is 2.12. The molecule has 0 radical (unpaired) electrons. The number of anilines is 1. The minimum Gasteiger partial charge on any atom is -0.316 e. The molecule has 0 bridgehead atoms. The van der Waals surface area contributed by atoms with Crippen molar-refractivity contribution < 1.29 is 4.79 Å². The summed E-state index contributed by atoms with van der Waals surface area (Å²) in [4.78, 5) is 29.2. The molecule has 3 aromatic rings. The van der Waals surface area contributed by atoms with E-state index in [4.69, 9.17) is 0 Å². The van der Waals surface area contributed by atoms with Crippen LogP contribution in [-0.2, 0) is 0 Å². The van der Waals surface area contributed by atoms with Crippen molar-refractivity contribution in [1.29, 1.82) is 0 Å². The molecule has 0 spiro atoms. The Hall–Kier alpha value is -2.95. The number of pyridine rings is 1. The summed E-state index contributed by atoms with van der Waals surface area (Å²) in [6.45, 7) is 3.61. The summed E-state index contributed by atoms with van der Waals surface area (Å²) in [6, 6.07) is 12.4. The zero-order chi connectivity index (χ0) is 15.7. The molecule has 5 heteroatoms. The lowest BCUT2D eigenvalue weighted by atomic mass is 10.2. The van der Waals surface area contributed by atoms with E-state index < -0.39 is 0 Å². The maximum absolute atomic E-state index is 12.6. The summed E-state index contributed by atoms with van der Waals surface area (Å²) in [6.07, 6.45) is 1.65. The largest absolute Gasteiger partial charge is 0.316 e. The van der Waals surface area contributed by atoms with Crippen molar-refractivity contribution in [1.82, 2.24) is 9.38 Å². The second kappa shape index (κ2) is 5.44. The van der Waals surface area contributed by atoms with E-state index in [0.29, 0.717) is 16.9 Å². The lowest BCUT2D eigenvalue weighted by Gasteiger charge is -2.10. The van der Waals surface area contributed by atoms with Gasteiger partial charge >= 0.3 is 0 Å². The van der Waals surface area contributed by atoms with E-state index >= 15 is 0 Å². The molecular weight excluding hydrogens is 278 g/mol. The number of hydrogen-bond donors (Lipinski definition) is 1. The molecule has 0 saturated carbocycles. The van der Waals surface area contributed by atoms with Gasteiger partial charge in [0.05, 0.1) is 5.69 Å². The van der Waals surface area contributed by atoms with Gasteiger partial charge in [0.1, 0.15) is 11.3 Å². The summed E-state index contributed by atoms with van der Waals surface area (Å²) in [5, 5.41) is 2.67. The number of rotatable bonds is 2. The zero-order valence-electron chi connectivity index (χ0n) is 12.3. The first-order chi connectivity index (χ1) is 10.6. The van der Waals surface area contributed by atoms with Gasteiger partial charge in [-0.25, -0.2) is 4.98 Å². The van der Waals surface area contributed by atoms with Crippen molar-refractivity contribution in [2.75, 3.05) is 5.32 Å². The topological polar surface area (TPSA) is 63.5 Å². The normalized spacial score (nSPS) is 10.6. The highest BCUT2D eigenvalue weighted by molar-refractivity contribution is 6.04. The zero-order valence-corrected chi connectivity index (χ0v) is 12.3. The maximum Gasteiger partial charge on any atom is 0.281 e. The molecule has 0 saturated heterocycles. The van der Waals surface area contributed by atoms with Gasteiger partial charge in [0, 0.05) is 11.8 Å². The molecule has 22 heavy (non-hydrogen) atoms. The Balaban J connectivity index is 2.09. The fourth-order valence-electron chi connectivity index (χ4n) is 2.32. The van der Waals surface area contributed by atoms with Crippen molar-refractivity contribution in [2.24, 2.45) is 0 Å². The quantitative estimate of drug-likeness (QED) is 0.790. The number of aromatic nitrogens is 2. The molecule has 0 aliphatic rings. The summed E-state index contributed by atoms with van der Waals surface area (Å²) < 4.78 is 1.45. The highest BCUT2D eigenvalue weighted by atomic mass is 16.2. The van der Waals surface area contributed by atoms with E-state index in [2.05, 4.69) is 10.3 Å². The van der Waals surface area contributed by atoms with Crippen LogP contribution in [0, 0.1) is 13.8 Å². The Bertz CT molecular complexity index is 914. The first-order valence-corrected chi connectivity index (χ1v) is 6.93. The van der Waals surface area contributed by atoms with Gasteiger partial charge in [-0.05, 0) is 37.6 Å². The first kappa shape index (κ1) is 14.0. The molecular formula is C17H15N3O2. The molecule has 0 unspecified atom stereocenters. The minimum absolute atomic E-state index is 0.206. The molecule has 0 aliphatic heterocycles. The number of carbonyl (C=O) groups is 1. The number of nitrogens with zero attached hydrogens (tertiary/aromatic N) is 2. The molecule has 5 nitrogen and oxygen atoms in total. The molecule has 1 amide bonds. The van der Waals surface area contributed by atoms with Crippen molar-refractivity contribution in [2.45, 2.75) is 13.8 Å². The van der Waals surface area contributed by atoms with Gasteiger partial charge < -0.3 is 5.32 Å². The number of hydrogen-bond acceptors (Lipinski definition) is 3. The van der Waals surface area contributed by atoms with E-state index in [0.717, 1.165) is 5.56 Å². The van der Waals surface area contributed by atoms with Crippen LogP contribution >= 0.6 is 0 Å². The molecule has 0 aliphatic carbocycles. The van der Waals surface area contributed by atoms with Gasteiger partial charge in [-0.15, -0.1) is 0 Å². The van der Waals surface area contributed by atoms with E-state index in [9.17, 15) is 9.59 Å². The van der Waals surface area contributed by atoms with Gasteiger partial charge in [0.2, 0.25) is 0 Å². The average molecular weight is 293 g/mol. The molecule has 3 rings (SSSR count). The standard InChI is InChI=1S/C17H15N3O2/c1-11-7-6-10-20-15(11)18-12(2)14(17(20)22)19-16(21)13-8-4-3-5-9-13/h3-10H,1-2H3,(H,19,21). The van der Waals surface area contributed by atoms with Crippen molar-refractivity contribution >= 4 is 17.2 Å². The Morgan fingerprint density at radius 3 is 2.55 bits per heavy atom. The number of amides is 1. The maximum atomic E-state index is 12.6. The second-order valence-corrected chi connectivity index (χ2v) is 5.08. The number of carbonyl (C=O) groups excluding carboxylic acids is 1. The van der Waals surface area contributed by atoms with Crippen LogP contribution in [-0.4, -0.2) is 15.3 Å². The van der Waals surface area contributed by atoms with E-state index in [1.54, 1.807) is 43.5 Å². The molecule has 2 heterocycles. The van der Waals surface area contributed by atoms with Gasteiger partial charge in [0.15, 0.2) is 0 Å². The number of fused-ring (bicyclic) bond motifs is 1. The van der Waals surface area contributed by atoms with Crippen LogP contribution < -0.4 is 10.9 Å². The SMILES string of the molecule is Cc1nc2c(C)cccn2c(=O)c1NC(=O)c1ccccc1. The van der Waals surface area contributed by atoms with Crippen molar-refractivity contribution in [3.8, 4) is 0 Å². The third kappa shape index (κ3) is 2.37. The fraction of sp³-hybridized carbons (Fsp3) is 0.118. The van der Waals surface area contributed by atoms with Crippen molar-refractivity contribution in [3.05, 3.63) is 75.8 Å². The van der Waals surface area contributed by atoms with Gasteiger partial charge in [0.25, 0.3) is 11.5 Å². The van der Waals surface area contributed by atoms with Crippen LogP contribution in [0.4, 0.5) is 5.69 Å². The lowest BCUT2D eigenvalue weighted by molar-refractivity contribution is 0.102. The Labute approximate surface area is 127 Å². The Kier molecular flexibility index (Phi) is 3.47. The summed E-state index contributed by atoms with van der Waals surface area (Å²) in [5.41, 5.74) is 2.43. The monoisotopic (exact) mass is 293 g/mol. The Morgan fingerprint density at radius 1 is 1.09 bits per heavy atom. The third-order valence-corrected chi connectivity index (χ3v) is 3.50. The van der Waals surface area contributed by atoms with Crippen LogP contribution in [0.1, 0.15) is 21.6 Å². The van der Waals surface area contributed by atoms with Gasteiger partial charge in [-0.1, -0.05) is 24.3 Å². The van der Waals surface area contributed by atoms with Crippen molar-refractivity contribution in [3.63, 3.8) is 0 Å². The molecule has 2 aromatic heterocycles. The molecule has 0 fully saturated rings. The smallest absolute Gasteiger partial charge is 0.281 e. The lowest BCUT2D eigenvalue weighted by Crippen LogP contribution is -2.25. The van der Waals surface area contributed by atoms with Crippen LogP contribution in [0.2, 0.25) is 0 Å². The molecule has 0 atom stereocenters. The highest BCUT2D eigenvalue weighted by Gasteiger charge is 2.14. The van der Waals surface area contributed by atoms with Crippen LogP contribution in [0.5, 0.6) is 0 Å². The fourth-order valence-corrected chi connectivity index (χ4v) is 2.32. The van der Waals surface area contributed by atoms with Crippen LogP contribution in [0.25, 0.3) is 5.65 Å². The predicted octanol–water partition coefficient (Wildman–Crippen LogP) is 2.56. The first-order valence-electron chi connectivity index (χ1n) is 6.93. The predicted molar refractivity (Wildman–Crippen MR) is 85.3 cm³/mol. The summed E-state index contributed by atoms with van der Waals surface area (Å²) >= 11 is 0. The summed E-state index contributed by atoms with van der Waals surface area (Å²) in [7, 11) is 0. The van der Waals surface area contributed by atoms with E-state index in [1.807, 2.05) is 19.1 Å². The molecule has 1 N–H and O–H groups in total. The van der Waals surface area contributed by atoms with E-state index in [-0.39, 0.29) is 17.2 Å². The van der Waals surface area contributed by atoms with E-state index in [1.165, 1.54) is 4.40 Å². The summed E-state index contributed by atoms with van der Waals surface area (Å²) in [5.74, 6) is -0.324. The number of aryl methyl sites for hydroxylation is 2. The van der Waals surface area contributed by atoms with Crippen LogP contribution in [0.3, 0.4) is 0 Å². The second-order valence-electron chi connectivity index (χ2n) is 5.08. The van der Waals surface area contributed by atoms with Gasteiger partial charge in [-0.2, -0.15) is 0 Å². The molecule has 1 aromatic carbocycles. The number of benzene rings is 1. The van der Waals surface area contributed by atoms with Gasteiger partial charge in [-0.3, -0.25) is 14.0 Å². The third-order valence-electron chi connectivity index (χ3n) is 3.50. The minimum atomic E-state index is -0.324. The molecule has 110 valence electrons.